The van der Waals surface area contributed by atoms with Gasteiger partial charge < -0.3 is 13.7 Å². The van der Waals surface area contributed by atoms with Crippen LogP contribution in [0.1, 0.15) is 47.2 Å². The second kappa shape index (κ2) is 15.8. The van der Waals surface area contributed by atoms with E-state index < -0.39 is 5.41 Å². The van der Waals surface area contributed by atoms with Crippen molar-refractivity contribution in [3.8, 4) is 56.0 Å². The maximum Gasteiger partial charge on any atom is 0.143 e. The minimum Gasteiger partial charge on any atom is -0.455 e. The van der Waals surface area contributed by atoms with Gasteiger partial charge >= 0.3 is 0 Å². The van der Waals surface area contributed by atoms with Gasteiger partial charge in [0.05, 0.1) is 5.41 Å². The van der Waals surface area contributed by atoms with Crippen LogP contribution in [0.25, 0.3) is 78.0 Å². The topological polar surface area (TPSA) is 29.5 Å². The summed E-state index contributed by atoms with van der Waals surface area (Å²) in [5.41, 5.74) is 21.2. The van der Waals surface area contributed by atoms with Gasteiger partial charge in [-0.3, -0.25) is 0 Å². The molecule has 0 fully saturated rings. The van der Waals surface area contributed by atoms with Crippen LogP contribution in [0.4, 0.5) is 17.1 Å². The first-order valence-electron chi connectivity index (χ1n) is 24.6. The number of rotatable bonds is 7. The predicted molar refractivity (Wildman–Crippen MR) is 292 cm³/mol. The average Bonchev–Trinajstić information content (AvgIpc) is 4.11. The van der Waals surface area contributed by atoms with Crippen LogP contribution < -0.4 is 4.90 Å². The predicted octanol–water partition coefficient (Wildman–Crippen LogP) is 18.3. The van der Waals surface area contributed by atoms with Gasteiger partial charge in [-0.25, -0.2) is 0 Å². The summed E-state index contributed by atoms with van der Waals surface area (Å²) in [4.78, 5) is 2.41. The van der Waals surface area contributed by atoms with E-state index in [1.165, 1.54) is 44.5 Å². The maximum atomic E-state index is 6.72. The van der Waals surface area contributed by atoms with Crippen LogP contribution in [0.3, 0.4) is 0 Å². The molecule has 2 aromatic heterocycles. The summed E-state index contributed by atoms with van der Waals surface area (Å²) in [5.74, 6) is 1.71. The fourth-order valence-electron chi connectivity index (χ4n) is 12.2. The Balaban J connectivity index is 0.971. The molecule has 2 heterocycles. The van der Waals surface area contributed by atoms with Gasteiger partial charge in [0.1, 0.15) is 22.7 Å². The molecule has 0 amide bonds. The Bertz CT molecular complexity index is 3800. The first-order chi connectivity index (χ1) is 35.0. The second-order valence-corrected chi connectivity index (χ2v) is 19.5. The van der Waals surface area contributed by atoms with Gasteiger partial charge in [-0.05, 0) is 128 Å². The van der Waals surface area contributed by atoms with Gasteiger partial charge in [-0.2, -0.15) is 0 Å². The van der Waals surface area contributed by atoms with Gasteiger partial charge in [-0.15, -0.1) is 0 Å². The van der Waals surface area contributed by atoms with Crippen molar-refractivity contribution < 1.29 is 8.83 Å². The lowest BCUT2D eigenvalue weighted by Gasteiger charge is -2.46. The van der Waals surface area contributed by atoms with E-state index in [9.17, 15) is 0 Å². The molecule has 0 atom stereocenters. The zero-order valence-electron chi connectivity index (χ0n) is 39.4. The molecule has 0 N–H and O–H groups in total. The largest absolute Gasteiger partial charge is 0.455 e. The molecule has 336 valence electrons. The van der Waals surface area contributed by atoms with E-state index in [-0.39, 0.29) is 5.41 Å². The molecule has 12 aromatic rings. The molecule has 10 aromatic carbocycles. The first-order valence-corrected chi connectivity index (χ1v) is 24.6. The van der Waals surface area contributed by atoms with Crippen LogP contribution in [-0.2, 0) is 10.8 Å². The standard InChI is InChI=1S/C68H47NO2/c1-67(2)56-27-13-15-29-58(56)68(59-30-16-14-28-57(59)67)55-26-12-9-23-51(55)52-42-41-50(43-60(52)68)69(48-37-33-46(34-38-48)65-63(44-19-5-3-6-20-44)53-24-10-17-31-61(53)70-65)49-39-35-47(36-40-49)66-64(45-21-7-4-8-22-45)54-25-11-18-32-62(54)71-66/h3-43H,1-2H3. The van der Waals surface area contributed by atoms with Crippen LogP contribution in [0, 0.1) is 0 Å². The number of benzene rings is 10. The smallest absolute Gasteiger partial charge is 0.143 e. The molecule has 2 aliphatic rings. The lowest BCUT2D eigenvalue weighted by atomic mass is 9.55. The van der Waals surface area contributed by atoms with Crippen molar-refractivity contribution in [2.24, 2.45) is 0 Å². The summed E-state index contributed by atoms with van der Waals surface area (Å²) in [6, 6.07) is 90.2. The number of hydrogen-bond donors (Lipinski definition) is 0. The molecular formula is C68H47NO2. The third kappa shape index (κ3) is 6.09. The number of nitrogens with zero attached hydrogens (tertiary/aromatic N) is 1. The molecule has 1 spiro atoms. The van der Waals surface area contributed by atoms with Crippen LogP contribution >= 0.6 is 0 Å². The highest BCUT2D eigenvalue weighted by atomic mass is 16.3. The molecule has 3 nitrogen and oxygen atoms in total. The Labute approximate surface area is 413 Å². The SMILES string of the molecule is CC1(C)c2ccccc2C2(c3ccccc3-c3ccc(N(c4ccc(-c5oc6ccccc6c5-c5ccccc5)cc4)c4ccc(-c5oc6ccccc6c5-c5ccccc5)cc4)cc32)c2ccccc21. The number of furan rings is 2. The third-order valence-corrected chi connectivity index (χ3v) is 15.4. The minimum absolute atomic E-state index is 0.191. The summed E-state index contributed by atoms with van der Waals surface area (Å²) in [6.07, 6.45) is 0. The Hall–Kier alpha value is -8.92. The number of anilines is 3. The summed E-state index contributed by atoms with van der Waals surface area (Å²) in [5, 5.41) is 2.20. The van der Waals surface area contributed by atoms with Crippen LogP contribution in [-0.4, -0.2) is 0 Å². The van der Waals surface area contributed by atoms with Crippen molar-refractivity contribution in [3.63, 3.8) is 0 Å². The second-order valence-electron chi connectivity index (χ2n) is 19.5. The molecule has 0 saturated heterocycles. The normalized spacial score (nSPS) is 13.7. The summed E-state index contributed by atoms with van der Waals surface area (Å²) < 4.78 is 13.4. The fourth-order valence-corrected chi connectivity index (χ4v) is 12.2. The molecule has 0 radical (unpaired) electrons. The van der Waals surface area contributed by atoms with E-state index in [0.29, 0.717) is 0 Å². The molecule has 3 heteroatoms. The Morgan fingerprint density at radius 3 is 1.21 bits per heavy atom. The third-order valence-electron chi connectivity index (χ3n) is 15.4. The molecule has 0 aliphatic heterocycles. The van der Waals surface area contributed by atoms with Crippen LogP contribution in [0.15, 0.2) is 258 Å². The van der Waals surface area contributed by atoms with Crippen molar-refractivity contribution in [1.82, 2.24) is 0 Å². The summed E-state index contributed by atoms with van der Waals surface area (Å²) in [6.45, 7) is 4.76. The van der Waals surface area contributed by atoms with Crippen molar-refractivity contribution in [1.29, 1.82) is 0 Å². The maximum absolute atomic E-state index is 6.72. The van der Waals surface area contributed by atoms with E-state index in [2.05, 4.69) is 255 Å². The fraction of sp³-hybridized carbons (Fsp3) is 0.0588. The quantitative estimate of drug-likeness (QED) is 0.160. The highest BCUT2D eigenvalue weighted by Gasteiger charge is 2.53. The van der Waals surface area contributed by atoms with Crippen LogP contribution in [0.2, 0.25) is 0 Å². The van der Waals surface area contributed by atoms with Crippen molar-refractivity contribution in [2.45, 2.75) is 24.7 Å². The average molecular weight is 910 g/mol. The van der Waals surface area contributed by atoms with E-state index in [4.69, 9.17) is 8.83 Å². The number of hydrogen-bond acceptors (Lipinski definition) is 3. The van der Waals surface area contributed by atoms with Crippen molar-refractivity contribution >= 4 is 39.0 Å². The minimum atomic E-state index is -0.533. The zero-order valence-corrected chi connectivity index (χ0v) is 39.4. The van der Waals surface area contributed by atoms with E-state index >= 15 is 0 Å². The zero-order chi connectivity index (χ0) is 47.3. The Kier molecular flexibility index (Phi) is 9.15. The van der Waals surface area contributed by atoms with Gasteiger partial charge in [0.15, 0.2) is 0 Å². The van der Waals surface area contributed by atoms with Gasteiger partial charge in [0.25, 0.3) is 0 Å². The van der Waals surface area contributed by atoms with Gasteiger partial charge in [0.2, 0.25) is 0 Å². The number of para-hydroxylation sites is 2. The lowest BCUT2D eigenvalue weighted by Crippen LogP contribution is -2.40. The summed E-state index contributed by atoms with van der Waals surface area (Å²) in [7, 11) is 0. The molecule has 2 aliphatic carbocycles. The van der Waals surface area contributed by atoms with Gasteiger partial charge in [-0.1, -0.05) is 190 Å². The highest BCUT2D eigenvalue weighted by Crippen LogP contribution is 2.63. The first kappa shape index (κ1) is 41.1. The van der Waals surface area contributed by atoms with E-state index in [1.807, 2.05) is 12.1 Å². The molecule has 71 heavy (non-hydrogen) atoms. The molecule has 0 unspecified atom stereocenters. The molecular weight excluding hydrogens is 863 g/mol. The molecule has 14 rings (SSSR count). The van der Waals surface area contributed by atoms with Crippen molar-refractivity contribution in [3.05, 3.63) is 282 Å². The lowest BCUT2D eigenvalue weighted by molar-refractivity contribution is 0.563. The van der Waals surface area contributed by atoms with E-state index in [0.717, 1.165) is 83.9 Å². The summed E-state index contributed by atoms with van der Waals surface area (Å²) >= 11 is 0. The van der Waals surface area contributed by atoms with Crippen molar-refractivity contribution in [2.75, 3.05) is 4.90 Å². The molecule has 0 bridgehead atoms. The van der Waals surface area contributed by atoms with E-state index in [1.54, 1.807) is 0 Å². The molecule has 0 saturated carbocycles. The number of fused-ring (bicyclic) bond motifs is 11. The monoisotopic (exact) mass is 909 g/mol. The highest BCUT2D eigenvalue weighted by molar-refractivity contribution is 6.03. The van der Waals surface area contributed by atoms with Gasteiger partial charge in [0, 0.05) is 55.5 Å². The Morgan fingerprint density at radius 1 is 0.310 bits per heavy atom. The van der Waals surface area contributed by atoms with Crippen LogP contribution in [0.5, 0.6) is 0 Å². The Morgan fingerprint density at radius 2 is 0.704 bits per heavy atom.